The summed E-state index contributed by atoms with van der Waals surface area (Å²) in [6.07, 6.45) is 0. The molecule has 4 rings (SSSR count). The highest BCUT2D eigenvalue weighted by Crippen LogP contribution is 2.26. The van der Waals surface area contributed by atoms with Crippen LogP contribution in [0.3, 0.4) is 0 Å². The van der Waals surface area contributed by atoms with Crippen molar-refractivity contribution in [2.24, 2.45) is 0 Å². The monoisotopic (exact) mass is 350 g/mol. The number of nitrogens with zero attached hydrogens (tertiary/aromatic N) is 3. The standard InChI is InChI=1S/C20H22N4O2/c1-14-3-5-16(6-4-14)20-21-18-8-7-17(13-19(18)22-20)24(15(2)25)23-9-11-26-12-10-23/h3-8,13H,9-12H2,1-2H3,(H,21,22). The minimum atomic E-state index is -0.00970. The zero-order valence-corrected chi connectivity index (χ0v) is 15.0. The van der Waals surface area contributed by atoms with Crippen LogP contribution in [0, 0.1) is 6.92 Å². The molecule has 26 heavy (non-hydrogen) atoms. The molecule has 1 N–H and O–H groups in total. The molecule has 0 aliphatic carbocycles. The van der Waals surface area contributed by atoms with Crippen LogP contribution in [0.25, 0.3) is 22.4 Å². The number of rotatable bonds is 3. The normalized spacial score (nSPS) is 15.3. The Morgan fingerprint density at radius 3 is 2.58 bits per heavy atom. The highest BCUT2D eigenvalue weighted by atomic mass is 16.5. The average Bonchev–Trinajstić information content (AvgIpc) is 3.06. The molecule has 0 spiro atoms. The summed E-state index contributed by atoms with van der Waals surface area (Å²) in [6.45, 7) is 6.33. The Hall–Kier alpha value is -2.70. The molecule has 1 aliphatic heterocycles. The van der Waals surface area contributed by atoms with Crippen molar-refractivity contribution in [3.05, 3.63) is 48.0 Å². The molecule has 1 aliphatic rings. The van der Waals surface area contributed by atoms with Crippen molar-refractivity contribution in [2.45, 2.75) is 13.8 Å². The topological polar surface area (TPSA) is 61.5 Å². The van der Waals surface area contributed by atoms with Gasteiger partial charge < -0.3 is 9.72 Å². The van der Waals surface area contributed by atoms with Crippen molar-refractivity contribution in [1.29, 1.82) is 0 Å². The van der Waals surface area contributed by atoms with Crippen molar-refractivity contribution in [3.8, 4) is 11.4 Å². The second-order valence-corrected chi connectivity index (χ2v) is 6.55. The predicted octanol–water partition coefficient (Wildman–Crippen LogP) is 3.14. The highest BCUT2D eigenvalue weighted by molar-refractivity contribution is 5.93. The van der Waals surface area contributed by atoms with Crippen LogP contribution in [0.5, 0.6) is 0 Å². The van der Waals surface area contributed by atoms with Crippen molar-refractivity contribution < 1.29 is 9.53 Å². The van der Waals surface area contributed by atoms with E-state index in [-0.39, 0.29) is 5.91 Å². The third-order valence-corrected chi connectivity index (χ3v) is 4.60. The van der Waals surface area contributed by atoms with Crippen LogP contribution < -0.4 is 5.01 Å². The molecule has 0 bridgehead atoms. The zero-order chi connectivity index (χ0) is 18.1. The largest absolute Gasteiger partial charge is 0.379 e. The molecule has 0 radical (unpaired) electrons. The van der Waals surface area contributed by atoms with Gasteiger partial charge in [0.25, 0.3) is 0 Å². The molecule has 1 fully saturated rings. The lowest BCUT2D eigenvalue weighted by atomic mass is 10.1. The second-order valence-electron chi connectivity index (χ2n) is 6.55. The fourth-order valence-electron chi connectivity index (χ4n) is 3.28. The lowest BCUT2D eigenvalue weighted by Gasteiger charge is -2.36. The third kappa shape index (κ3) is 3.21. The number of ether oxygens (including phenoxy) is 1. The van der Waals surface area contributed by atoms with Crippen molar-refractivity contribution in [3.63, 3.8) is 0 Å². The summed E-state index contributed by atoms with van der Waals surface area (Å²) in [5, 5.41) is 3.76. The van der Waals surface area contributed by atoms with Crippen LogP contribution in [-0.4, -0.2) is 47.2 Å². The Morgan fingerprint density at radius 1 is 1.15 bits per heavy atom. The van der Waals surface area contributed by atoms with E-state index < -0.39 is 0 Å². The highest BCUT2D eigenvalue weighted by Gasteiger charge is 2.23. The number of amides is 1. The van der Waals surface area contributed by atoms with E-state index in [1.807, 2.05) is 23.2 Å². The SMILES string of the molecule is CC(=O)N(c1ccc2nc(-c3ccc(C)cc3)[nH]c2c1)N1CCOCC1. The van der Waals surface area contributed by atoms with Gasteiger partial charge in [0.15, 0.2) is 0 Å². The van der Waals surface area contributed by atoms with Crippen molar-refractivity contribution in [2.75, 3.05) is 31.3 Å². The Morgan fingerprint density at radius 2 is 1.88 bits per heavy atom. The number of morpholine rings is 1. The number of imidazole rings is 1. The van der Waals surface area contributed by atoms with Crippen LogP contribution >= 0.6 is 0 Å². The molecule has 2 aromatic carbocycles. The summed E-state index contributed by atoms with van der Waals surface area (Å²) in [5.74, 6) is 0.822. The summed E-state index contributed by atoms with van der Waals surface area (Å²) in [5.41, 5.74) is 4.90. The van der Waals surface area contributed by atoms with Crippen LogP contribution in [0.4, 0.5) is 5.69 Å². The molecule has 1 amide bonds. The van der Waals surface area contributed by atoms with Crippen LogP contribution in [0.1, 0.15) is 12.5 Å². The van der Waals surface area contributed by atoms with Gasteiger partial charge in [0.05, 0.1) is 29.9 Å². The molecule has 2 heterocycles. The summed E-state index contributed by atoms with van der Waals surface area (Å²) in [6, 6.07) is 14.1. The quantitative estimate of drug-likeness (QED) is 0.788. The first kappa shape index (κ1) is 16.8. The number of hydrazine groups is 1. The van der Waals surface area contributed by atoms with E-state index in [2.05, 4.69) is 41.2 Å². The maximum absolute atomic E-state index is 12.3. The number of nitrogens with one attached hydrogen (secondary N) is 1. The lowest BCUT2D eigenvalue weighted by Crippen LogP contribution is -2.51. The number of aromatic amines is 1. The number of carbonyl (C=O) groups is 1. The van der Waals surface area contributed by atoms with E-state index in [9.17, 15) is 4.79 Å². The van der Waals surface area contributed by atoms with Crippen LogP contribution in [0.2, 0.25) is 0 Å². The molecule has 0 unspecified atom stereocenters. The first-order valence-electron chi connectivity index (χ1n) is 8.82. The molecule has 134 valence electrons. The van der Waals surface area contributed by atoms with E-state index in [0.717, 1.165) is 28.1 Å². The number of hydrogen-bond acceptors (Lipinski definition) is 4. The fourth-order valence-corrected chi connectivity index (χ4v) is 3.28. The number of aromatic nitrogens is 2. The Bertz CT molecular complexity index is 927. The maximum atomic E-state index is 12.3. The van der Waals surface area contributed by atoms with E-state index in [0.29, 0.717) is 26.3 Å². The van der Waals surface area contributed by atoms with Gasteiger partial charge in [-0.3, -0.25) is 4.79 Å². The molecule has 0 saturated carbocycles. The van der Waals surface area contributed by atoms with Gasteiger partial charge in [-0.25, -0.2) is 15.0 Å². The van der Waals surface area contributed by atoms with Crippen LogP contribution in [-0.2, 0) is 9.53 Å². The zero-order valence-electron chi connectivity index (χ0n) is 15.0. The molecule has 6 heteroatoms. The molecular formula is C20H22N4O2. The molecule has 1 aromatic heterocycles. The minimum absolute atomic E-state index is 0.00970. The van der Waals surface area contributed by atoms with Gasteiger partial charge in [-0.1, -0.05) is 29.8 Å². The number of fused-ring (bicyclic) bond motifs is 1. The van der Waals surface area contributed by atoms with E-state index in [1.165, 1.54) is 5.56 Å². The molecule has 0 atom stereocenters. The minimum Gasteiger partial charge on any atom is -0.379 e. The van der Waals surface area contributed by atoms with E-state index >= 15 is 0 Å². The predicted molar refractivity (Wildman–Crippen MR) is 102 cm³/mol. The Balaban J connectivity index is 1.69. The summed E-state index contributed by atoms with van der Waals surface area (Å²) >= 11 is 0. The molecule has 3 aromatic rings. The number of anilines is 1. The summed E-state index contributed by atoms with van der Waals surface area (Å²) < 4.78 is 5.40. The molecule has 1 saturated heterocycles. The summed E-state index contributed by atoms with van der Waals surface area (Å²) in [4.78, 5) is 20.3. The Labute approximate surface area is 152 Å². The average molecular weight is 350 g/mol. The van der Waals surface area contributed by atoms with Gasteiger partial charge in [0.2, 0.25) is 5.91 Å². The number of carbonyl (C=O) groups excluding carboxylic acids is 1. The van der Waals surface area contributed by atoms with Gasteiger partial charge in [-0.15, -0.1) is 0 Å². The van der Waals surface area contributed by atoms with Gasteiger partial charge >= 0.3 is 0 Å². The van der Waals surface area contributed by atoms with E-state index in [4.69, 9.17) is 4.74 Å². The smallest absolute Gasteiger partial charge is 0.238 e. The first-order valence-corrected chi connectivity index (χ1v) is 8.82. The van der Waals surface area contributed by atoms with Crippen molar-refractivity contribution >= 4 is 22.6 Å². The van der Waals surface area contributed by atoms with Gasteiger partial charge in [-0.05, 0) is 25.1 Å². The molecular weight excluding hydrogens is 328 g/mol. The molecule has 6 nitrogen and oxygen atoms in total. The van der Waals surface area contributed by atoms with Gasteiger partial charge in [0.1, 0.15) is 5.82 Å². The van der Waals surface area contributed by atoms with Gasteiger partial charge in [-0.2, -0.15) is 0 Å². The van der Waals surface area contributed by atoms with Gasteiger partial charge in [0, 0.05) is 25.6 Å². The fraction of sp³-hybridized carbons (Fsp3) is 0.300. The first-order chi connectivity index (χ1) is 12.6. The number of H-pyrrole nitrogens is 1. The maximum Gasteiger partial charge on any atom is 0.238 e. The number of benzene rings is 2. The third-order valence-electron chi connectivity index (χ3n) is 4.60. The summed E-state index contributed by atoms with van der Waals surface area (Å²) in [7, 11) is 0. The number of aryl methyl sites for hydroxylation is 1. The number of hydrogen-bond donors (Lipinski definition) is 1. The second kappa shape index (κ2) is 6.90. The van der Waals surface area contributed by atoms with Crippen LogP contribution in [0.15, 0.2) is 42.5 Å². The Kier molecular flexibility index (Phi) is 4.44. The van der Waals surface area contributed by atoms with Crippen molar-refractivity contribution in [1.82, 2.24) is 15.0 Å². The lowest BCUT2D eigenvalue weighted by molar-refractivity contribution is -0.120. The van der Waals surface area contributed by atoms with E-state index in [1.54, 1.807) is 11.9 Å².